The van der Waals surface area contributed by atoms with Crippen molar-refractivity contribution in [2.24, 2.45) is 11.0 Å². The van der Waals surface area contributed by atoms with Gasteiger partial charge in [-0.25, -0.2) is 30.9 Å². The highest BCUT2D eigenvalue weighted by Crippen LogP contribution is 2.57. The van der Waals surface area contributed by atoms with Crippen LogP contribution in [0.15, 0.2) is 59.2 Å². The van der Waals surface area contributed by atoms with Gasteiger partial charge in [0.1, 0.15) is 31.2 Å². The number of alkyl halides is 1. The number of aromatic amines is 1. The zero-order valence-corrected chi connectivity index (χ0v) is 36.6. The molecular formula is C34H35FN14O11P2S2. The van der Waals surface area contributed by atoms with Gasteiger partial charge in [-0.15, -0.1) is 0 Å². The van der Waals surface area contributed by atoms with Crippen LogP contribution in [-0.2, 0) is 60.5 Å². The fourth-order valence-corrected chi connectivity index (χ4v) is 10.3. The number of nitrogens with one attached hydrogen (secondary N) is 3. The lowest BCUT2D eigenvalue weighted by atomic mass is 10.1. The molecule has 3 aliphatic heterocycles. The number of nitrogens with zero attached hydrogens (tertiary/aromatic N) is 11. The summed E-state index contributed by atoms with van der Waals surface area (Å²) in [6, 6.07) is 7.02. The summed E-state index contributed by atoms with van der Waals surface area (Å²) in [5.41, 5.74) is 9.23. The highest BCUT2D eigenvalue weighted by Gasteiger charge is 2.54. The molecule has 4 bridgehead atoms. The van der Waals surface area contributed by atoms with Crippen molar-refractivity contribution in [3.05, 3.63) is 87.1 Å². The van der Waals surface area contributed by atoms with Crippen LogP contribution in [0.4, 0.5) is 16.2 Å². The molecule has 3 fully saturated rings. The van der Waals surface area contributed by atoms with Crippen LogP contribution in [-0.4, -0.2) is 119 Å². The molecule has 0 radical (unpaired) electrons. The van der Waals surface area contributed by atoms with Gasteiger partial charge in [0.2, 0.25) is 18.4 Å². The molecule has 3 saturated heterocycles. The molecule has 0 aliphatic carbocycles. The highest BCUT2D eigenvalue weighted by atomic mass is 32.5. The van der Waals surface area contributed by atoms with Gasteiger partial charge in [0.15, 0.2) is 46.8 Å². The Morgan fingerprint density at radius 3 is 2.47 bits per heavy atom. The highest BCUT2D eigenvalue weighted by molar-refractivity contribution is 8.07. The number of aromatic nitrogens is 8. The van der Waals surface area contributed by atoms with E-state index in [9.17, 15) is 24.8 Å². The second-order valence-electron chi connectivity index (χ2n) is 14.4. The molecule has 25 nitrogen and oxygen atoms in total. The fourth-order valence-electron chi connectivity index (χ4n) is 6.85. The maximum Gasteiger partial charge on any atom is 0.328 e. The van der Waals surface area contributed by atoms with Crippen molar-refractivity contribution in [1.82, 2.24) is 39.0 Å². The number of halogens is 1. The topological polar surface area (TPSA) is 303 Å². The van der Waals surface area contributed by atoms with Crippen molar-refractivity contribution >= 4 is 83.0 Å². The Morgan fingerprint density at radius 2 is 1.73 bits per heavy atom. The van der Waals surface area contributed by atoms with Gasteiger partial charge in [0.25, 0.3) is 11.5 Å². The summed E-state index contributed by atoms with van der Waals surface area (Å²) >= 11 is 11.2. The maximum absolute atomic E-state index is 16.8. The van der Waals surface area contributed by atoms with Crippen LogP contribution in [0.1, 0.15) is 36.7 Å². The number of carbonyl (C=O) groups excluding carboxylic acids is 2. The third-order valence-electron chi connectivity index (χ3n) is 9.89. The molecule has 5 aromatic rings. The van der Waals surface area contributed by atoms with Gasteiger partial charge < -0.3 is 42.6 Å². The molecule has 8 rings (SSSR count). The van der Waals surface area contributed by atoms with Gasteiger partial charge in [-0.2, -0.15) is 4.98 Å². The largest absolute Gasteiger partial charge is 0.349 e. The standard InChI is InChI=1S/C34H35FN14O11P2S2/c1-16(2)29(50)44-34-43-28-23(31(52)45-34)41-15-49(28)32-24-20(35)18(57-32)11-55-61(53,63)59-25-21(46-47-36)19(12-56-62(64,60-24)54-10-9-37-3)58-33(25)48-14-40-22-26(38-13-39-27(22)48)42-30(51)17-7-5-4-6-8-17/h4-8,13-16,18-21,24-25,32-33H,9-12H2,1-2H3,(H,53,63)(H,38,39,42,51)(H2,43,44,45,50,52)/t18-,19-,20-,21-,24-,25-,32-,33-,61?,62?/m1/s1. The Bertz CT molecular complexity index is 2840. The number of fused-ring (bicyclic) bond motifs is 6. The lowest BCUT2D eigenvalue weighted by Crippen LogP contribution is -2.36. The lowest BCUT2D eigenvalue weighted by Gasteiger charge is -2.29. The molecule has 4 N–H and O–H groups in total. The van der Waals surface area contributed by atoms with E-state index in [1.165, 1.54) is 21.8 Å². The van der Waals surface area contributed by atoms with Crippen LogP contribution < -0.4 is 16.2 Å². The van der Waals surface area contributed by atoms with Crippen molar-refractivity contribution < 1.29 is 51.0 Å². The summed E-state index contributed by atoms with van der Waals surface area (Å²) in [4.78, 5) is 80.2. The summed E-state index contributed by atoms with van der Waals surface area (Å²) in [6.07, 6.45) is -7.49. The second kappa shape index (κ2) is 18.7. The number of anilines is 2. The summed E-state index contributed by atoms with van der Waals surface area (Å²) < 4.78 is 61.8. The number of rotatable bonds is 10. The molecule has 1 aromatic carbocycles. The van der Waals surface area contributed by atoms with Crippen molar-refractivity contribution in [3.8, 4) is 0 Å². The van der Waals surface area contributed by atoms with E-state index in [1.807, 2.05) is 0 Å². The first-order chi connectivity index (χ1) is 30.7. The van der Waals surface area contributed by atoms with Gasteiger partial charge in [-0.3, -0.25) is 38.3 Å². The number of benzene rings is 1. The summed E-state index contributed by atoms with van der Waals surface area (Å²) in [5.74, 6) is -1.60. The molecule has 64 heavy (non-hydrogen) atoms. The zero-order chi connectivity index (χ0) is 45.3. The molecule has 7 heterocycles. The minimum atomic E-state index is -4.45. The first kappa shape index (κ1) is 45.3. The van der Waals surface area contributed by atoms with Crippen molar-refractivity contribution in [2.75, 3.05) is 37.0 Å². The number of hydrogen-bond acceptors (Lipinski definition) is 18. The molecule has 0 saturated carbocycles. The molecule has 4 aromatic heterocycles. The first-order valence-corrected chi connectivity index (χ1v) is 24.2. The van der Waals surface area contributed by atoms with Gasteiger partial charge in [-0.05, 0) is 41.3 Å². The SMILES string of the molecule is [C-]#[N+]CCOP1(=S)OC[C@H]2O[C@@H](n3cnc4c(NC(=O)c5ccccc5)ncnc43)[C@H](OP(O)(=S)OC[C@H]3O[C@@H](n4cnc5c(=O)[nH]c(NC(=O)C(C)C)nc54)[C@H](O1)[C@@H]3F)[C@@H]2N=[N+]=[N-]. The first-order valence-electron chi connectivity index (χ1n) is 19.1. The van der Waals surface area contributed by atoms with Crippen LogP contribution in [0.2, 0.25) is 0 Å². The van der Waals surface area contributed by atoms with Crippen molar-refractivity contribution in [3.63, 3.8) is 0 Å². The van der Waals surface area contributed by atoms with Gasteiger partial charge in [-0.1, -0.05) is 37.2 Å². The zero-order valence-electron chi connectivity index (χ0n) is 33.2. The van der Waals surface area contributed by atoms with Crippen LogP contribution in [0.3, 0.4) is 0 Å². The number of hydrogen-bond donors (Lipinski definition) is 4. The van der Waals surface area contributed by atoms with Crippen LogP contribution in [0, 0.1) is 12.5 Å². The minimum Gasteiger partial charge on any atom is -0.349 e. The number of carbonyl (C=O) groups is 2. The fraction of sp³-hybridized carbons (Fsp3) is 0.441. The van der Waals surface area contributed by atoms with Gasteiger partial charge in [0, 0.05) is 16.4 Å². The molecule has 10 atom stereocenters. The molecule has 3 aliphatic rings. The van der Waals surface area contributed by atoms with Crippen LogP contribution >= 0.6 is 13.4 Å². The van der Waals surface area contributed by atoms with E-state index in [-0.39, 0.29) is 47.2 Å². The van der Waals surface area contributed by atoms with Gasteiger partial charge >= 0.3 is 13.4 Å². The second-order valence-corrected chi connectivity index (χ2v) is 20.1. The number of azide groups is 1. The van der Waals surface area contributed by atoms with E-state index >= 15 is 4.39 Å². The maximum atomic E-state index is 16.8. The number of amides is 2. The monoisotopic (exact) mass is 960 g/mol. The predicted octanol–water partition coefficient (Wildman–Crippen LogP) is 3.81. The van der Waals surface area contributed by atoms with E-state index in [2.05, 4.69) is 55.4 Å². The molecule has 336 valence electrons. The summed E-state index contributed by atoms with van der Waals surface area (Å²) in [5, 5.41) is 9.11. The van der Waals surface area contributed by atoms with Gasteiger partial charge in [0.05, 0.1) is 38.0 Å². The minimum absolute atomic E-state index is 0.0432. The summed E-state index contributed by atoms with van der Waals surface area (Å²) in [7, 11) is 0. The summed E-state index contributed by atoms with van der Waals surface area (Å²) in [6.45, 7) is 0.0766. The molecule has 2 amide bonds. The van der Waals surface area contributed by atoms with E-state index in [0.29, 0.717) is 5.56 Å². The number of H-pyrrole nitrogens is 1. The smallest absolute Gasteiger partial charge is 0.328 e. The Morgan fingerprint density at radius 1 is 1.03 bits per heavy atom. The lowest BCUT2D eigenvalue weighted by molar-refractivity contribution is -0.118. The molecule has 0 spiro atoms. The van der Waals surface area contributed by atoms with Crippen molar-refractivity contribution in [2.45, 2.75) is 62.9 Å². The molecule has 30 heteroatoms. The van der Waals surface area contributed by atoms with E-state index in [0.717, 1.165) is 6.33 Å². The number of ether oxygens (including phenoxy) is 2. The Labute approximate surface area is 369 Å². The van der Waals surface area contributed by atoms with Crippen molar-refractivity contribution in [1.29, 1.82) is 0 Å². The van der Waals surface area contributed by atoms with Crippen LogP contribution in [0.5, 0.6) is 0 Å². The average molecular weight is 961 g/mol. The van der Waals surface area contributed by atoms with E-state index in [1.54, 1.807) is 44.2 Å². The third kappa shape index (κ3) is 9.30. The Balaban J connectivity index is 1.15. The average Bonchev–Trinajstić information content (AvgIpc) is 4.04. The van der Waals surface area contributed by atoms with Crippen LogP contribution in [0.25, 0.3) is 37.6 Å². The normalized spacial score (nSPS) is 29.5. The molecular weight excluding hydrogens is 926 g/mol. The quantitative estimate of drug-likeness (QED) is 0.0386. The predicted molar refractivity (Wildman–Crippen MR) is 227 cm³/mol. The van der Waals surface area contributed by atoms with E-state index in [4.69, 9.17) is 62.3 Å². The Kier molecular flexibility index (Phi) is 13.3. The third-order valence-corrected chi connectivity index (χ3v) is 13.8. The Hall–Kier alpha value is -5.23. The molecule has 2 unspecified atom stereocenters. The van der Waals surface area contributed by atoms with E-state index < -0.39 is 99.0 Å². The number of imidazole rings is 2.